The summed E-state index contributed by atoms with van der Waals surface area (Å²) in [4.78, 5) is 22.1. The molecule has 0 bridgehead atoms. The highest BCUT2D eigenvalue weighted by Gasteiger charge is 2.23. The SMILES string of the molecule is CCC(O)CC(=O)O[C@@H](CC(=O)[O-])C[N+](C)(C)C. The molecule has 0 aliphatic carbocycles. The highest BCUT2D eigenvalue weighted by molar-refractivity contribution is 5.71. The van der Waals surface area contributed by atoms with Gasteiger partial charge >= 0.3 is 5.97 Å². The number of aliphatic hydroxyl groups is 1. The lowest BCUT2D eigenvalue weighted by Crippen LogP contribution is -2.45. The molecule has 0 radical (unpaired) electrons. The van der Waals surface area contributed by atoms with Crippen molar-refractivity contribution in [2.45, 2.75) is 38.4 Å². The number of carboxylic acids is 1. The first-order chi connectivity index (χ1) is 8.14. The fourth-order valence-corrected chi connectivity index (χ4v) is 1.51. The number of aliphatic hydroxyl groups excluding tert-OH is 1. The monoisotopic (exact) mass is 261 g/mol. The van der Waals surface area contributed by atoms with E-state index in [-0.39, 0.29) is 12.8 Å². The fourth-order valence-electron chi connectivity index (χ4n) is 1.51. The third-order valence-electron chi connectivity index (χ3n) is 2.32. The van der Waals surface area contributed by atoms with E-state index in [0.717, 1.165) is 0 Å². The van der Waals surface area contributed by atoms with E-state index in [9.17, 15) is 19.8 Å². The lowest BCUT2D eigenvalue weighted by Gasteiger charge is -2.29. The maximum absolute atomic E-state index is 11.5. The summed E-state index contributed by atoms with van der Waals surface area (Å²) in [7, 11) is 5.62. The minimum atomic E-state index is -1.25. The first kappa shape index (κ1) is 16.9. The molecule has 0 aromatic carbocycles. The van der Waals surface area contributed by atoms with Crippen LogP contribution in [0.3, 0.4) is 0 Å². The van der Waals surface area contributed by atoms with Crippen LogP contribution >= 0.6 is 0 Å². The van der Waals surface area contributed by atoms with Crippen LogP contribution in [0.1, 0.15) is 26.2 Å². The zero-order valence-corrected chi connectivity index (χ0v) is 11.5. The van der Waals surface area contributed by atoms with Crippen LogP contribution in [0.15, 0.2) is 0 Å². The lowest BCUT2D eigenvalue weighted by atomic mass is 10.2. The third-order valence-corrected chi connectivity index (χ3v) is 2.32. The Morgan fingerprint density at radius 2 is 1.83 bits per heavy atom. The standard InChI is InChI=1S/C12H23NO5/c1-5-9(14)6-12(17)18-10(7-11(15)16)8-13(2,3)4/h9-10,14H,5-8H2,1-4H3/t9?,10-/m0/s1. The normalized spacial score (nSPS) is 14.9. The minimum Gasteiger partial charge on any atom is -0.550 e. The first-order valence-electron chi connectivity index (χ1n) is 6.02. The molecule has 0 fully saturated rings. The van der Waals surface area contributed by atoms with Gasteiger partial charge in [0.1, 0.15) is 6.54 Å². The Hall–Kier alpha value is -1.14. The lowest BCUT2D eigenvalue weighted by molar-refractivity contribution is -0.873. The smallest absolute Gasteiger partial charge is 0.308 e. The van der Waals surface area contributed by atoms with E-state index in [1.165, 1.54) is 0 Å². The number of quaternary nitrogens is 1. The van der Waals surface area contributed by atoms with Gasteiger partial charge in [0.15, 0.2) is 6.10 Å². The summed E-state index contributed by atoms with van der Waals surface area (Å²) >= 11 is 0. The molecule has 0 spiro atoms. The van der Waals surface area contributed by atoms with E-state index in [2.05, 4.69) is 0 Å². The maximum Gasteiger partial charge on any atom is 0.308 e. The average molecular weight is 261 g/mol. The van der Waals surface area contributed by atoms with E-state index < -0.39 is 24.1 Å². The molecule has 6 heteroatoms. The summed E-state index contributed by atoms with van der Waals surface area (Å²) in [5, 5.41) is 19.9. The second-order valence-electron chi connectivity index (χ2n) is 5.43. The summed E-state index contributed by atoms with van der Waals surface area (Å²) < 4.78 is 5.55. The molecule has 0 aromatic heterocycles. The third kappa shape index (κ3) is 8.95. The molecule has 0 rings (SSSR count). The van der Waals surface area contributed by atoms with Crippen molar-refractivity contribution in [2.24, 2.45) is 0 Å². The van der Waals surface area contributed by atoms with E-state index >= 15 is 0 Å². The van der Waals surface area contributed by atoms with Gasteiger partial charge in [-0.1, -0.05) is 6.92 Å². The number of likely N-dealkylation sites (N-methyl/N-ethyl adjacent to an activating group) is 1. The molecule has 1 unspecified atom stereocenters. The van der Waals surface area contributed by atoms with Crippen molar-refractivity contribution < 1.29 is 29.0 Å². The van der Waals surface area contributed by atoms with Gasteiger partial charge in [-0.3, -0.25) is 4.79 Å². The Bertz CT molecular complexity index is 285. The van der Waals surface area contributed by atoms with Gasteiger partial charge in [-0.15, -0.1) is 0 Å². The number of nitrogens with zero attached hydrogens (tertiary/aromatic N) is 1. The number of carboxylic acid groups (broad SMARTS) is 1. The topological polar surface area (TPSA) is 86.7 Å². The van der Waals surface area contributed by atoms with E-state index in [4.69, 9.17) is 4.74 Å². The first-order valence-corrected chi connectivity index (χ1v) is 6.02. The summed E-state index contributed by atoms with van der Waals surface area (Å²) in [5.74, 6) is -1.83. The number of rotatable bonds is 8. The van der Waals surface area contributed by atoms with E-state index in [1.807, 2.05) is 21.1 Å². The van der Waals surface area contributed by atoms with E-state index in [1.54, 1.807) is 6.92 Å². The van der Waals surface area contributed by atoms with Crippen molar-refractivity contribution in [1.82, 2.24) is 0 Å². The fraction of sp³-hybridized carbons (Fsp3) is 0.833. The van der Waals surface area contributed by atoms with Gasteiger partial charge in [-0.2, -0.15) is 0 Å². The average Bonchev–Trinajstić information content (AvgIpc) is 2.12. The zero-order chi connectivity index (χ0) is 14.3. The molecule has 0 heterocycles. The van der Waals surface area contributed by atoms with Crippen molar-refractivity contribution in [1.29, 1.82) is 0 Å². The Kier molecular flexibility index (Phi) is 6.86. The molecule has 0 aliphatic rings. The molecule has 106 valence electrons. The number of carbonyl (C=O) groups is 2. The molecule has 2 atom stereocenters. The predicted octanol–water partition coefficient (Wildman–Crippen LogP) is -1.09. The highest BCUT2D eigenvalue weighted by atomic mass is 16.5. The molecule has 0 aromatic rings. The second-order valence-corrected chi connectivity index (χ2v) is 5.43. The van der Waals surface area contributed by atoms with Gasteiger partial charge in [0.05, 0.1) is 33.7 Å². The van der Waals surface area contributed by atoms with Gasteiger partial charge in [-0.05, 0) is 6.42 Å². The van der Waals surface area contributed by atoms with Crippen LogP contribution < -0.4 is 5.11 Å². The van der Waals surface area contributed by atoms with Crippen molar-refractivity contribution in [3.8, 4) is 0 Å². The summed E-state index contributed by atoms with van der Waals surface area (Å²) in [6.45, 7) is 2.13. The van der Waals surface area contributed by atoms with Gasteiger partial charge in [0.2, 0.25) is 0 Å². The number of hydrogen-bond donors (Lipinski definition) is 1. The Morgan fingerprint density at radius 3 is 2.22 bits per heavy atom. The minimum absolute atomic E-state index is 0.114. The largest absolute Gasteiger partial charge is 0.550 e. The maximum atomic E-state index is 11.5. The van der Waals surface area contributed by atoms with Gasteiger partial charge < -0.3 is 24.2 Å². The van der Waals surface area contributed by atoms with Crippen LogP contribution in [-0.2, 0) is 14.3 Å². The molecule has 0 amide bonds. The van der Waals surface area contributed by atoms with Crippen LogP contribution in [0.5, 0.6) is 0 Å². The molecule has 0 aliphatic heterocycles. The molecule has 18 heavy (non-hydrogen) atoms. The zero-order valence-electron chi connectivity index (χ0n) is 11.5. The number of ether oxygens (including phenoxy) is 1. The van der Waals surface area contributed by atoms with E-state index in [0.29, 0.717) is 17.4 Å². The van der Waals surface area contributed by atoms with Crippen LogP contribution in [0.4, 0.5) is 0 Å². The second kappa shape index (κ2) is 7.33. The van der Waals surface area contributed by atoms with Gasteiger partial charge in [0.25, 0.3) is 0 Å². The number of carbonyl (C=O) groups excluding carboxylic acids is 2. The molecule has 1 N–H and O–H groups in total. The quantitative estimate of drug-likeness (QED) is 0.443. The van der Waals surface area contributed by atoms with Crippen molar-refractivity contribution in [3.05, 3.63) is 0 Å². The van der Waals surface area contributed by atoms with Crippen molar-refractivity contribution >= 4 is 11.9 Å². The summed E-state index contributed by atoms with van der Waals surface area (Å²) in [6.07, 6.45) is -1.47. The molecular weight excluding hydrogens is 238 g/mol. The predicted molar refractivity (Wildman–Crippen MR) is 63.3 cm³/mol. The molecular formula is C12H23NO5. The molecule has 0 saturated heterocycles. The Labute approximate surface area is 108 Å². The number of esters is 1. The van der Waals surface area contributed by atoms with Gasteiger partial charge in [-0.25, -0.2) is 0 Å². The summed E-state index contributed by atoms with van der Waals surface area (Å²) in [6, 6.07) is 0. The Balaban J connectivity index is 4.40. The van der Waals surface area contributed by atoms with Gasteiger partial charge in [0, 0.05) is 12.4 Å². The number of aliphatic carboxylic acids is 1. The van der Waals surface area contributed by atoms with Crippen LogP contribution in [0.25, 0.3) is 0 Å². The van der Waals surface area contributed by atoms with Crippen molar-refractivity contribution in [3.63, 3.8) is 0 Å². The van der Waals surface area contributed by atoms with Crippen LogP contribution in [0.2, 0.25) is 0 Å². The Morgan fingerprint density at radius 1 is 1.28 bits per heavy atom. The van der Waals surface area contributed by atoms with Crippen LogP contribution in [0, 0.1) is 0 Å². The van der Waals surface area contributed by atoms with Crippen LogP contribution in [-0.4, -0.2) is 61.4 Å². The summed E-state index contributed by atoms with van der Waals surface area (Å²) in [5.41, 5.74) is 0. The number of hydrogen-bond acceptors (Lipinski definition) is 5. The molecule has 6 nitrogen and oxygen atoms in total. The molecule has 0 saturated carbocycles. The highest BCUT2D eigenvalue weighted by Crippen LogP contribution is 2.07. The van der Waals surface area contributed by atoms with Crippen molar-refractivity contribution in [2.75, 3.05) is 27.7 Å².